The molecule has 0 unspecified atom stereocenters. The number of nitrogens with two attached hydrogens (primary N) is 1. The largest absolute Gasteiger partial charge is 0.368 e. The van der Waals surface area contributed by atoms with E-state index in [1.165, 1.54) is 12.3 Å². The maximum Gasteiger partial charge on any atom is 0.251 e. The summed E-state index contributed by atoms with van der Waals surface area (Å²) in [5.74, 6) is 0.567. The van der Waals surface area contributed by atoms with Crippen molar-refractivity contribution in [3.8, 4) is 0 Å². The third kappa shape index (κ3) is 2.94. The monoisotopic (exact) mass is 265 g/mol. The summed E-state index contributed by atoms with van der Waals surface area (Å²) in [6.07, 6.45) is 1.42. The van der Waals surface area contributed by atoms with Crippen LogP contribution in [0, 0.1) is 0 Å². The van der Waals surface area contributed by atoms with Crippen molar-refractivity contribution < 1.29 is 0 Å². The zero-order valence-corrected chi connectivity index (χ0v) is 10.6. The fourth-order valence-corrected chi connectivity index (χ4v) is 1.80. The molecule has 0 bridgehead atoms. The number of nitrogens with zero attached hydrogens (tertiary/aromatic N) is 5. The van der Waals surface area contributed by atoms with Crippen LogP contribution < -0.4 is 16.2 Å². The average Bonchev–Trinajstić information content (AvgIpc) is 2.28. The van der Waals surface area contributed by atoms with Gasteiger partial charge in [-0.25, -0.2) is 4.98 Å². The number of aromatic amines is 1. The Bertz CT molecular complexity index is 612. The Morgan fingerprint density at radius 2 is 2.11 bits per heavy atom. The molecule has 0 aromatic carbocycles. The van der Waals surface area contributed by atoms with Crippen LogP contribution >= 0.6 is 11.8 Å². The minimum Gasteiger partial charge on any atom is -0.368 e. The van der Waals surface area contributed by atoms with Gasteiger partial charge in [0.05, 0.1) is 0 Å². The second-order valence-corrected chi connectivity index (χ2v) is 4.47. The Morgan fingerprint density at radius 3 is 2.78 bits per heavy atom. The first-order valence-electron chi connectivity index (χ1n) is 4.96. The highest BCUT2D eigenvalue weighted by Crippen LogP contribution is 2.21. The lowest BCUT2D eigenvalue weighted by atomic mass is 10.7. The van der Waals surface area contributed by atoms with Crippen molar-refractivity contribution in [3.63, 3.8) is 0 Å². The van der Waals surface area contributed by atoms with Crippen LogP contribution in [-0.2, 0) is 0 Å². The van der Waals surface area contributed by atoms with E-state index >= 15 is 0 Å². The summed E-state index contributed by atoms with van der Waals surface area (Å²) in [5, 5.41) is 0.776. The average molecular weight is 265 g/mol. The number of hydrogen-bond acceptors (Lipinski definition) is 8. The molecular formula is C9H11N7OS. The van der Waals surface area contributed by atoms with Crippen LogP contribution in [-0.4, -0.2) is 39.0 Å². The number of aromatic nitrogens is 5. The number of nitrogens with one attached hydrogen (secondary N) is 1. The van der Waals surface area contributed by atoms with Crippen molar-refractivity contribution in [2.24, 2.45) is 0 Å². The Morgan fingerprint density at radius 1 is 1.33 bits per heavy atom. The van der Waals surface area contributed by atoms with Gasteiger partial charge in [0.15, 0.2) is 5.16 Å². The first kappa shape index (κ1) is 12.3. The van der Waals surface area contributed by atoms with Gasteiger partial charge in [-0.05, 0) is 11.8 Å². The molecule has 0 amide bonds. The quantitative estimate of drug-likeness (QED) is 0.730. The van der Waals surface area contributed by atoms with E-state index in [-0.39, 0.29) is 11.5 Å². The molecule has 0 atom stereocenters. The zero-order chi connectivity index (χ0) is 13.1. The molecule has 3 N–H and O–H groups in total. The maximum atomic E-state index is 11.1. The normalized spacial score (nSPS) is 10.3. The fourth-order valence-electron chi connectivity index (χ4n) is 1.10. The standard InChI is InChI=1S/C9H11N7OS/c1-16(2)7-13-6(10)14-9(15-7)18-8-11-4-3-5(17)12-8/h3-4H,1-2H3,(H,11,12,17)(H2,10,13,14,15). The third-order valence-corrected chi connectivity index (χ3v) is 2.62. The van der Waals surface area contributed by atoms with Crippen LogP contribution in [0.2, 0.25) is 0 Å². The number of anilines is 2. The first-order valence-corrected chi connectivity index (χ1v) is 5.78. The smallest absolute Gasteiger partial charge is 0.251 e. The summed E-state index contributed by atoms with van der Waals surface area (Å²) in [6.45, 7) is 0. The Kier molecular flexibility index (Phi) is 3.42. The molecule has 94 valence electrons. The van der Waals surface area contributed by atoms with Gasteiger partial charge >= 0.3 is 0 Å². The van der Waals surface area contributed by atoms with E-state index < -0.39 is 0 Å². The van der Waals surface area contributed by atoms with Crippen molar-refractivity contribution in [3.05, 3.63) is 22.6 Å². The maximum absolute atomic E-state index is 11.1. The molecule has 0 fully saturated rings. The van der Waals surface area contributed by atoms with E-state index in [0.717, 1.165) is 11.8 Å². The summed E-state index contributed by atoms with van der Waals surface area (Å²) in [6, 6.07) is 1.33. The molecule has 2 heterocycles. The van der Waals surface area contributed by atoms with Crippen LogP contribution in [0.1, 0.15) is 0 Å². The molecule has 18 heavy (non-hydrogen) atoms. The highest BCUT2D eigenvalue weighted by atomic mass is 32.2. The molecule has 2 rings (SSSR count). The Balaban J connectivity index is 2.31. The first-order chi connectivity index (χ1) is 8.54. The van der Waals surface area contributed by atoms with E-state index in [4.69, 9.17) is 5.73 Å². The van der Waals surface area contributed by atoms with Gasteiger partial charge in [0.25, 0.3) is 5.56 Å². The summed E-state index contributed by atoms with van der Waals surface area (Å²) in [4.78, 5) is 31.5. The van der Waals surface area contributed by atoms with Crippen LogP contribution in [0.3, 0.4) is 0 Å². The van der Waals surface area contributed by atoms with Crippen molar-refractivity contribution in [2.75, 3.05) is 24.7 Å². The number of H-pyrrole nitrogens is 1. The van der Waals surface area contributed by atoms with E-state index in [1.807, 2.05) is 0 Å². The number of hydrogen-bond donors (Lipinski definition) is 2. The second-order valence-electron chi connectivity index (χ2n) is 3.51. The van der Waals surface area contributed by atoms with E-state index in [1.54, 1.807) is 19.0 Å². The van der Waals surface area contributed by atoms with Crippen molar-refractivity contribution >= 4 is 23.7 Å². The summed E-state index contributed by atoms with van der Waals surface area (Å²) in [5.41, 5.74) is 5.35. The minimum atomic E-state index is -0.234. The van der Waals surface area contributed by atoms with Crippen LogP contribution in [0.15, 0.2) is 27.4 Å². The molecule has 0 aliphatic carbocycles. The topological polar surface area (TPSA) is 114 Å². The predicted molar refractivity (Wildman–Crippen MR) is 67.5 cm³/mol. The van der Waals surface area contributed by atoms with Gasteiger partial charge in [0, 0.05) is 26.4 Å². The van der Waals surface area contributed by atoms with Crippen molar-refractivity contribution in [2.45, 2.75) is 10.3 Å². The SMILES string of the molecule is CN(C)c1nc(N)nc(Sc2nccc(=O)[nH]2)n1. The van der Waals surface area contributed by atoms with Gasteiger partial charge in [-0.1, -0.05) is 0 Å². The minimum absolute atomic E-state index is 0.120. The molecule has 2 aromatic rings. The Hall–Kier alpha value is -2.16. The lowest BCUT2D eigenvalue weighted by Gasteiger charge is -2.10. The highest BCUT2D eigenvalue weighted by molar-refractivity contribution is 7.99. The van der Waals surface area contributed by atoms with Crippen LogP contribution in [0.25, 0.3) is 0 Å². The second kappa shape index (κ2) is 5.00. The molecule has 0 spiro atoms. The van der Waals surface area contributed by atoms with Gasteiger partial charge < -0.3 is 15.6 Å². The van der Waals surface area contributed by atoms with E-state index in [9.17, 15) is 4.79 Å². The lowest BCUT2D eigenvalue weighted by molar-refractivity contribution is 0.864. The summed E-state index contributed by atoms with van der Waals surface area (Å²) in [7, 11) is 3.59. The van der Waals surface area contributed by atoms with E-state index in [0.29, 0.717) is 16.3 Å². The van der Waals surface area contributed by atoms with Gasteiger partial charge in [-0.15, -0.1) is 0 Å². The van der Waals surface area contributed by atoms with E-state index in [2.05, 4.69) is 24.9 Å². The lowest BCUT2D eigenvalue weighted by Crippen LogP contribution is -2.15. The van der Waals surface area contributed by atoms with Crippen molar-refractivity contribution in [1.29, 1.82) is 0 Å². The predicted octanol–water partition coefficient (Wildman–Crippen LogP) is -0.246. The molecule has 0 saturated heterocycles. The zero-order valence-electron chi connectivity index (χ0n) is 9.78. The number of rotatable bonds is 3. The molecule has 2 aromatic heterocycles. The Labute approximate surface area is 107 Å². The molecule has 0 saturated carbocycles. The van der Waals surface area contributed by atoms with Gasteiger partial charge in [0.2, 0.25) is 17.1 Å². The fraction of sp³-hybridized carbons (Fsp3) is 0.222. The number of nitrogen functional groups attached to an aromatic ring is 1. The van der Waals surface area contributed by atoms with Crippen LogP contribution in [0.5, 0.6) is 0 Å². The van der Waals surface area contributed by atoms with Crippen molar-refractivity contribution in [1.82, 2.24) is 24.9 Å². The summed E-state index contributed by atoms with van der Waals surface area (Å²) >= 11 is 1.11. The van der Waals surface area contributed by atoms with Gasteiger partial charge in [0.1, 0.15) is 0 Å². The third-order valence-electron chi connectivity index (χ3n) is 1.86. The van der Waals surface area contributed by atoms with Gasteiger partial charge in [-0.2, -0.15) is 15.0 Å². The van der Waals surface area contributed by atoms with Crippen LogP contribution in [0.4, 0.5) is 11.9 Å². The molecule has 0 aliphatic rings. The molecule has 9 heteroatoms. The molecule has 0 radical (unpaired) electrons. The summed E-state index contributed by atoms with van der Waals surface area (Å²) < 4.78 is 0. The van der Waals surface area contributed by atoms with Gasteiger partial charge in [-0.3, -0.25) is 4.79 Å². The molecular weight excluding hydrogens is 254 g/mol. The molecule has 0 aliphatic heterocycles. The highest BCUT2D eigenvalue weighted by Gasteiger charge is 2.08. The molecule has 8 nitrogen and oxygen atoms in total.